The summed E-state index contributed by atoms with van der Waals surface area (Å²) in [5.74, 6) is 11.0. The molecule has 4 heteroatoms. The third-order valence-electron chi connectivity index (χ3n) is 3.14. The van der Waals surface area contributed by atoms with Gasteiger partial charge in [-0.05, 0) is 42.5 Å². The van der Waals surface area contributed by atoms with Crippen molar-refractivity contribution in [3.05, 3.63) is 64.7 Å². The molecule has 0 spiro atoms. The number of carbonyl (C=O) groups is 1. The van der Waals surface area contributed by atoms with Crippen LogP contribution in [0.5, 0.6) is 5.75 Å². The van der Waals surface area contributed by atoms with Gasteiger partial charge in [-0.1, -0.05) is 23.7 Å². The molecule has 0 saturated heterocycles. The van der Waals surface area contributed by atoms with Crippen LogP contribution >= 0.6 is 0 Å². The van der Waals surface area contributed by atoms with E-state index >= 15 is 0 Å². The smallest absolute Gasteiger partial charge is 0.339 e. The van der Waals surface area contributed by atoms with Gasteiger partial charge in [0.1, 0.15) is 11.3 Å². The van der Waals surface area contributed by atoms with Gasteiger partial charge in [0.15, 0.2) is 0 Å². The molecular formula is C20H16O4. The predicted octanol–water partition coefficient (Wildman–Crippen LogP) is 2.53. The van der Waals surface area contributed by atoms with Gasteiger partial charge in [-0.25, -0.2) is 4.79 Å². The fourth-order valence-electron chi connectivity index (χ4n) is 1.95. The zero-order valence-electron chi connectivity index (χ0n) is 13.2. The van der Waals surface area contributed by atoms with Crippen LogP contribution in [0.3, 0.4) is 0 Å². The quantitative estimate of drug-likeness (QED) is 0.853. The van der Waals surface area contributed by atoms with E-state index in [4.69, 9.17) is 14.9 Å². The summed E-state index contributed by atoms with van der Waals surface area (Å²) in [5, 5.41) is 17.7. The zero-order chi connectivity index (χ0) is 17.4. The van der Waals surface area contributed by atoms with Gasteiger partial charge in [0.25, 0.3) is 0 Å². The van der Waals surface area contributed by atoms with Crippen LogP contribution in [0.15, 0.2) is 42.5 Å². The van der Waals surface area contributed by atoms with Gasteiger partial charge in [-0.3, -0.25) is 0 Å². The number of carboxylic acids is 1. The number of methoxy groups -OCH3 is 1. The van der Waals surface area contributed by atoms with E-state index in [1.54, 1.807) is 12.1 Å². The zero-order valence-corrected chi connectivity index (χ0v) is 13.2. The number of ether oxygens (including phenoxy) is 1. The number of carboxylic acid groups (broad SMARTS) is 1. The summed E-state index contributed by atoms with van der Waals surface area (Å²) in [6.45, 7) is 0.0562. The largest absolute Gasteiger partial charge is 0.496 e. The van der Waals surface area contributed by atoms with Gasteiger partial charge >= 0.3 is 5.97 Å². The first-order valence-corrected chi connectivity index (χ1v) is 7.27. The Labute approximate surface area is 140 Å². The number of rotatable bonds is 3. The number of aliphatic hydroxyl groups is 1. The topological polar surface area (TPSA) is 66.8 Å². The molecule has 0 unspecified atom stereocenters. The summed E-state index contributed by atoms with van der Waals surface area (Å²) in [6.07, 6.45) is 0.454. The molecular weight excluding hydrogens is 304 g/mol. The summed E-state index contributed by atoms with van der Waals surface area (Å²) in [4.78, 5) is 11.1. The van der Waals surface area contributed by atoms with E-state index in [1.165, 1.54) is 13.2 Å². The first-order valence-electron chi connectivity index (χ1n) is 7.27. The summed E-state index contributed by atoms with van der Waals surface area (Å²) in [7, 11) is 1.43. The molecule has 4 nitrogen and oxygen atoms in total. The van der Waals surface area contributed by atoms with Gasteiger partial charge in [-0.2, -0.15) is 0 Å². The van der Waals surface area contributed by atoms with Crippen LogP contribution < -0.4 is 4.74 Å². The molecule has 2 N–H and O–H groups in total. The first kappa shape index (κ1) is 17.1. The van der Waals surface area contributed by atoms with Gasteiger partial charge in [-0.15, -0.1) is 0 Å². The molecule has 0 aliphatic rings. The number of benzene rings is 2. The fraction of sp³-hybridized carbons (Fsp3) is 0.150. The molecule has 0 aliphatic carbocycles. The highest BCUT2D eigenvalue weighted by Gasteiger charge is 2.10. The molecule has 0 aliphatic heterocycles. The minimum atomic E-state index is -1.04. The second kappa shape index (κ2) is 8.43. The summed E-state index contributed by atoms with van der Waals surface area (Å²) >= 11 is 0. The van der Waals surface area contributed by atoms with Gasteiger partial charge in [0.05, 0.1) is 13.7 Å². The Morgan fingerprint density at radius 2 is 1.58 bits per heavy atom. The van der Waals surface area contributed by atoms with Crippen molar-refractivity contribution in [1.82, 2.24) is 0 Å². The molecule has 0 radical (unpaired) electrons. The number of aliphatic hydroxyl groups excluding tert-OH is 1. The SMILES string of the molecule is COc1cc(C#Cc2ccc(C#CCCO)cc2)ccc1C(=O)O. The molecule has 2 aromatic carbocycles. The Kier molecular flexibility index (Phi) is 6.02. The molecule has 120 valence electrons. The molecule has 0 aromatic heterocycles. The fourth-order valence-corrected chi connectivity index (χ4v) is 1.95. The van der Waals surface area contributed by atoms with Crippen molar-refractivity contribution in [3.8, 4) is 29.4 Å². The van der Waals surface area contributed by atoms with E-state index in [-0.39, 0.29) is 17.9 Å². The predicted molar refractivity (Wildman–Crippen MR) is 91.0 cm³/mol. The minimum absolute atomic E-state index is 0.0562. The maximum Gasteiger partial charge on any atom is 0.339 e. The van der Waals surface area contributed by atoms with Crippen molar-refractivity contribution < 1.29 is 19.7 Å². The number of hydrogen-bond donors (Lipinski definition) is 2. The van der Waals surface area contributed by atoms with Crippen LogP contribution in [-0.2, 0) is 0 Å². The molecule has 24 heavy (non-hydrogen) atoms. The molecule has 2 rings (SSSR count). The normalized spacial score (nSPS) is 9.25. The lowest BCUT2D eigenvalue weighted by atomic mass is 10.1. The molecule has 0 fully saturated rings. The van der Waals surface area contributed by atoms with E-state index in [0.717, 1.165) is 11.1 Å². The van der Waals surface area contributed by atoms with Crippen LogP contribution in [-0.4, -0.2) is 29.9 Å². The Morgan fingerprint density at radius 3 is 2.17 bits per heavy atom. The van der Waals surface area contributed by atoms with Crippen LogP contribution in [0.2, 0.25) is 0 Å². The van der Waals surface area contributed by atoms with Crippen LogP contribution in [0, 0.1) is 23.7 Å². The van der Waals surface area contributed by atoms with Crippen LogP contribution in [0.4, 0.5) is 0 Å². The van der Waals surface area contributed by atoms with Gasteiger partial charge in [0, 0.05) is 23.1 Å². The molecule has 0 amide bonds. The number of aromatic carboxylic acids is 1. The summed E-state index contributed by atoms with van der Waals surface area (Å²) in [6, 6.07) is 12.2. The van der Waals surface area contributed by atoms with Crippen molar-refractivity contribution >= 4 is 5.97 Å². The van der Waals surface area contributed by atoms with Crippen molar-refractivity contribution in [2.24, 2.45) is 0 Å². The Balaban J connectivity index is 2.18. The highest BCUT2D eigenvalue weighted by molar-refractivity contribution is 5.91. The Hall–Kier alpha value is -3.21. The maximum absolute atomic E-state index is 11.1. The lowest BCUT2D eigenvalue weighted by molar-refractivity contribution is 0.0693. The average molecular weight is 320 g/mol. The molecule has 0 atom stereocenters. The molecule has 0 bridgehead atoms. The van der Waals surface area contributed by atoms with Crippen molar-refractivity contribution in [1.29, 1.82) is 0 Å². The van der Waals surface area contributed by atoms with Crippen molar-refractivity contribution in [2.75, 3.05) is 13.7 Å². The van der Waals surface area contributed by atoms with Crippen LogP contribution in [0.25, 0.3) is 0 Å². The second-order valence-corrected chi connectivity index (χ2v) is 4.82. The summed E-state index contributed by atoms with van der Waals surface area (Å²) in [5.41, 5.74) is 2.46. The third kappa shape index (κ3) is 4.64. The standard InChI is InChI=1S/C20H16O4/c1-24-19-14-17(11-12-18(19)20(22)23)10-9-16-7-5-15(6-8-16)4-2-3-13-21/h5-8,11-12,14,21H,3,13H2,1H3,(H,22,23). The lowest BCUT2D eigenvalue weighted by Crippen LogP contribution is -2.00. The van der Waals surface area contributed by atoms with Gasteiger partial charge < -0.3 is 14.9 Å². The van der Waals surface area contributed by atoms with E-state index < -0.39 is 5.97 Å². The van der Waals surface area contributed by atoms with E-state index in [0.29, 0.717) is 12.0 Å². The minimum Gasteiger partial charge on any atom is -0.496 e. The monoisotopic (exact) mass is 320 g/mol. The molecule has 2 aromatic rings. The highest BCUT2D eigenvalue weighted by Crippen LogP contribution is 2.19. The van der Waals surface area contributed by atoms with Crippen LogP contribution in [0.1, 0.15) is 33.5 Å². The second-order valence-electron chi connectivity index (χ2n) is 4.82. The van der Waals surface area contributed by atoms with E-state index in [9.17, 15) is 4.79 Å². The average Bonchev–Trinajstić information content (AvgIpc) is 2.60. The Morgan fingerprint density at radius 1 is 1.00 bits per heavy atom. The first-order chi connectivity index (χ1) is 11.6. The third-order valence-corrected chi connectivity index (χ3v) is 3.14. The van der Waals surface area contributed by atoms with Gasteiger partial charge in [0.2, 0.25) is 0 Å². The summed E-state index contributed by atoms with van der Waals surface area (Å²) < 4.78 is 5.08. The highest BCUT2D eigenvalue weighted by atomic mass is 16.5. The molecule has 0 heterocycles. The van der Waals surface area contributed by atoms with Crippen molar-refractivity contribution in [2.45, 2.75) is 6.42 Å². The lowest BCUT2D eigenvalue weighted by Gasteiger charge is -2.04. The maximum atomic E-state index is 11.1. The molecule has 0 saturated carbocycles. The number of hydrogen-bond acceptors (Lipinski definition) is 3. The van der Waals surface area contributed by atoms with E-state index in [1.807, 2.05) is 24.3 Å². The van der Waals surface area contributed by atoms with E-state index in [2.05, 4.69) is 23.7 Å². The van der Waals surface area contributed by atoms with Crippen molar-refractivity contribution in [3.63, 3.8) is 0 Å². The Bertz CT molecular complexity index is 843.